The molecule has 0 saturated heterocycles. The summed E-state index contributed by atoms with van der Waals surface area (Å²) < 4.78 is 11.6. The molecule has 0 aromatic heterocycles. The summed E-state index contributed by atoms with van der Waals surface area (Å²) in [6, 6.07) is 0. The zero-order valence-corrected chi connectivity index (χ0v) is 11.8. The van der Waals surface area contributed by atoms with Gasteiger partial charge in [0.15, 0.2) is 0 Å². The van der Waals surface area contributed by atoms with E-state index in [0.29, 0.717) is 11.8 Å². The highest BCUT2D eigenvalue weighted by Gasteiger charge is 2.17. The summed E-state index contributed by atoms with van der Waals surface area (Å²) in [6.45, 7) is 16.3. The third-order valence-electron chi connectivity index (χ3n) is 2.25. The number of ether oxygens (including phenoxy) is 2. The van der Waals surface area contributed by atoms with Crippen LogP contribution in [-0.2, 0) is 9.47 Å². The Balaban J connectivity index is 4.13. The van der Waals surface area contributed by atoms with Crippen molar-refractivity contribution in [3.63, 3.8) is 0 Å². The molecule has 0 aromatic carbocycles. The van der Waals surface area contributed by atoms with E-state index in [2.05, 4.69) is 46.4 Å². The van der Waals surface area contributed by atoms with Crippen molar-refractivity contribution in [3.05, 3.63) is 0 Å². The fourth-order valence-electron chi connectivity index (χ4n) is 1.33. The van der Waals surface area contributed by atoms with Crippen LogP contribution in [0.15, 0.2) is 0 Å². The molecule has 3 heteroatoms. The maximum absolute atomic E-state index is 5.80. The van der Waals surface area contributed by atoms with Gasteiger partial charge >= 0.3 is 0 Å². The second-order valence-electron chi connectivity index (χ2n) is 4.98. The minimum atomic E-state index is -0.181. The van der Waals surface area contributed by atoms with Crippen LogP contribution in [0, 0.1) is 11.8 Å². The maximum Gasteiger partial charge on any atom is 0.218 e. The number of nitrogens with zero attached hydrogens (tertiary/aromatic N) is 1. The summed E-state index contributed by atoms with van der Waals surface area (Å²) in [5, 5.41) is 0. The lowest BCUT2D eigenvalue weighted by molar-refractivity contribution is -0.230. The first kappa shape index (κ1) is 15.9. The van der Waals surface area contributed by atoms with E-state index in [9.17, 15) is 0 Å². The van der Waals surface area contributed by atoms with Crippen molar-refractivity contribution in [1.29, 1.82) is 0 Å². The summed E-state index contributed by atoms with van der Waals surface area (Å²) in [7, 11) is 0. The Kier molecular flexibility index (Phi) is 8.90. The summed E-state index contributed by atoms with van der Waals surface area (Å²) in [5.41, 5.74) is 0. The first-order valence-corrected chi connectivity index (χ1v) is 6.48. The topological polar surface area (TPSA) is 21.7 Å². The average Bonchev–Trinajstić information content (AvgIpc) is 2.22. The fraction of sp³-hybridized carbons (Fsp3) is 1.00. The van der Waals surface area contributed by atoms with Crippen molar-refractivity contribution < 1.29 is 9.47 Å². The first-order valence-electron chi connectivity index (χ1n) is 6.48. The van der Waals surface area contributed by atoms with Crippen molar-refractivity contribution in [1.82, 2.24) is 4.90 Å². The Morgan fingerprint density at radius 1 is 0.812 bits per heavy atom. The molecule has 0 spiro atoms. The highest BCUT2D eigenvalue weighted by molar-refractivity contribution is 4.53. The van der Waals surface area contributed by atoms with Gasteiger partial charge in [0, 0.05) is 0 Å². The fourth-order valence-corrected chi connectivity index (χ4v) is 1.33. The summed E-state index contributed by atoms with van der Waals surface area (Å²) in [6.07, 6.45) is -0.181. The molecule has 0 rings (SSSR count). The van der Waals surface area contributed by atoms with Crippen molar-refractivity contribution in [2.45, 2.75) is 48.0 Å². The Bertz CT molecular complexity index is 144. The Hall–Kier alpha value is -0.120. The second kappa shape index (κ2) is 8.97. The molecule has 0 fully saturated rings. The summed E-state index contributed by atoms with van der Waals surface area (Å²) >= 11 is 0. The van der Waals surface area contributed by atoms with Gasteiger partial charge in [0.05, 0.1) is 13.2 Å². The first-order chi connectivity index (χ1) is 7.51. The van der Waals surface area contributed by atoms with Gasteiger partial charge in [0.1, 0.15) is 0 Å². The summed E-state index contributed by atoms with van der Waals surface area (Å²) in [5.74, 6) is 1.08. The Morgan fingerprint density at radius 3 is 1.44 bits per heavy atom. The van der Waals surface area contributed by atoms with E-state index in [0.717, 1.165) is 26.3 Å². The molecular formula is C13H29NO2. The zero-order valence-electron chi connectivity index (χ0n) is 11.8. The van der Waals surface area contributed by atoms with Gasteiger partial charge in [-0.15, -0.1) is 0 Å². The van der Waals surface area contributed by atoms with Gasteiger partial charge in [0.2, 0.25) is 6.41 Å². The predicted molar refractivity (Wildman–Crippen MR) is 68.3 cm³/mol. The van der Waals surface area contributed by atoms with Crippen LogP contribution in [-0.4, -0.2) is 37.6 Å². The molecule has 0 saturated carbocycles. The van der Waals surface area contributed by atoms with E-state index in [1.54, 1.807) is 0 Å². The van der Waals surface area contributed by atoms with E-state index in [-0.39, 0.29) is 6.41 Å². The van der Waals surface area contributed by atoms with Crippen molar-refractivity contribution >= 4 is 0 Å². The van der Waals surface area contributed by atoms with E-state index < -0.39 is 0 Å². The molecule has 0 aliphatic heterocycles. The minimum absolute atomic E-state index is 0.181. The predicted octanol–water partition coefficient (Wildman–Crippen LogP) is 2.96. The van der Waals surface area contributed by atoms with E-state index >= 15 is 0 Å². The molecule has 0 N–H and O–H groups in total. The molecule has 0 aliphatic rings. The van der Waals surface area contributed by atoms with Gasteiger partial charge in [-0.25, -0.2) is 0 Å². The Morgan fingerprint density at radius 2 is 1.19 bits per heavy atom. The van der Waals surface area contributed by atoms with Crippen molar-refractivity contribution in [3.8, 4) is 0 Å². The molecule has 0 aliphatic carbocycles. The molecular weight excluding hydrogens is 202 g/mol. The number of hydrogen-bond donors (Lipinski definition) is 0. The van der Waals surface area contributed by atoms with Crippen LogP contribution in [0.4, 0.5) is 0 Å². The third kappa shape index (κ3) is 7.20. The normalized spacial score (nSPS) is 12.4. The monoisotopic (exact) mass is 231 g/mol. The molecule has 0 aromatic rings. The van der Waals surface area contributed by atoms with Crippen LogP contribution in [0.2, 0.25) is 0 Å². The van der Waals surface area contributed by atoms with Crippen LogP contribution in [0.5, 0.6) is 0 Å². The molecule has 0 radical (unpaired) electrons. The largest absolute Gasteiger partial charge is 0.339 e. The van der Waals surface area contributed by atoms with Gasteiger partial charge < -0.3 is 9.47 Å². The number of hydrogen-bond acceptors (Lipinski definition) is 3. The molecule has 0 amide bonds. The van der Waals surface area contributed by atoms with Crippen LogP contribution in [0.25, 0.3) is 0 Å². The molecule has 98 valence electrons. The van der Waals surface area contributed by atoms with Crippen molar-refractivity contribution in [2.24, 2.45) is 11.8 Å². The van der Waals surface area contributed by atoms with Gasteiger partial charge in [-0.05, 0) is 24.9 Å². The average molecular weight is 231 g/mol. The molecule has 0 unspecified atom stereocenters. The van der Waals surface area contributed by atoms with E-state index in [1.165, 1.54) is 0 Å². The van der Waals surface area contributed by atoms with Crippen molar-refractivity contribution in [2.75, 3.05) is 26.3 Å². The van der Waals surface area contributed by atoms with E-state index in [4.69, 9.17) is 9.47 Å². The highest BCUT2D eigenvalue weighted by Crippen LogP contribution is 2.08. The lowest BCUT2D eigenvalue weighted by Crippen LogP contribution is -2.40. The van der Waals surface area contributed by atoms with Crippen LogP contribution < -0.4 is 0 Å². The molecule has 16 heavy (non-hydrogen) atoms. The lowest BCUT2D eigenvalue weighted by Gasteiger charge is -2.30. The quantitative estimate of drug-likeness (QED) is 0.569. The Labute approximate surface area is 101 Å². The van der Waals surface area contributed by atoms with Gasteiger partial charge in [-0.3, -0.25) is 4.90 Å². The smallest absolute Gasteiger partial charge is 0.218 e. The second-order valence-corrected chi connectivity index (χ2v) is 4.98. The molecule has 3 nitrogen and oxygen atoms in total. The standard InChI is InChI=1S/C13H29NO2/c1-7-14(8-2)13(15-9-11(3)4)16-10-12(5)6/h11-13H,7-10H2,1-6H3. The highest BCUT2D eigenvalue weighted by atomic mass is 16.7. The number of rotatable bonds is 9. The van der Waals surface area contributed by atoms with Crippen LogP contribution >= 0.6 is 0 Å². The van der Waals surface area contributed by atoms with Crippen LogP contribution in [0.3, 0.4) is 0 Å². The summed E-state index contributed by atoms with van der Waals surface area (Å²) in [4.78, 5) is 2.20. The SMILES string of the molecule is CCN(CC)C(OCC(C)C)OCC(C)C. The lowest BCUT2D eigenvalue weighted by atomic mass is 10.2. The third-order valence-corrected chi connectivity index (χ3v) is 2.25. The van der Waals surface area contributed by atoms with Gasteiger partial charge in [-0.1, -0.05) is 41.5 Å². The molecule has 0 atom stereocenters. The maximum atomic E-state index is 5.80. The molecule has 0 bridgehead atoms. The van der Waals surface area contributed by atoms with Crippen LogP contribution in [0.1, 0.15) is 41.5 Å². The van der Waals surface area contributed by atoms with E-state index in [1.807, 2.05) is 0 Å². The molecule has 0 heterocycles. The minimum Gasteiger partial charge on any atom is -0.339 e. The van der Waals surface area contributed by atoms with Gasteiger partial charge in [-0.2, -0.15) is 0 Å². The zero-order chi connectivity index (χ0) is 12.6. The van der Waals surface area contributed by atoms with Gasteiger partial charge in [0.25, 0.3) is 0 Å².